The highest BCUT2D eigenvalue weighted by Gasteiger charge is 2.17. The molecule has 5 heteroatoms. The second kappa shape index (κ2) is 8.74. The number of benzene rings is 2. The van der Waals surface area contributed by atoms with Crippen LogP contribution in [0.2, 0.25) is 0 Å². The summed E-state index contributed by atoms with van der Waals surface area (Å²) < 4.78 is 1.96. The van der Waals surface area contributed by atoms with Gasteiger partial charge in [0.05, 0.1) is 6.54 Å². The van der Waals surface area contributed by atoms with Gasteiger partial charge in [-0.1, -0.05) is 31.2 Å². The Bertz CT molecular complexity index is 928. The van der Waals surface area contributed by atoms with Gasteiger partial charge in [0.1, 0.15) is 5.82 Å². The summed E-state index contributed by atoms with van der Waals surface area (Å²) in [6, 6.07) is 16.3. The highest BCUT2D eigenvalue weighted by molar-refractivity contribution is 5.94. The molecule has 1 amide bonds. The highest BCUT2D eigenvalue weighted by Crippen LogP contribution is 2.24. The third-order valence-electron chi connectivity index (χ3n) is 4.86. The number of imidazole rings is 1. The van der Waals surface area contributed by atoms with Crippen LogP contribution >= 0.6 is 0 Å². The monoisotopic (exact) mass is 376 g/mol. The third-order valence-corrected chi connectivity index (χ3v) is 4.86. The van der Waals surface area contributed by atoms with Crippen LogP contribution in [-0.2, 0) is 13.6 Å². The van der Waals surface area contributed by atoms with Crippen LogP contribution in [0.3, 0.4) is 0 Å². The van der Waals surface area contributed by atoms with E-state index in [1.54, 1.807) is 6.20 Å². The number of hydrogen-bond donors (Lipinski definition) is 0. The SMILES string of the molecule is CCCN(Cc1nccn1C)C(=O)c1ccc(-c2cccc(N(C)C)c2)cc1. The van der Waals surface area contributed by atoms with E-state index in [1.807, 2.05) is 61.1 Å². The lowest BCUT2D eigenvalue weighted by molar-refractivity contribution is 0.0737. The summed E-state index contributed by atoms with van der Waals surface area (Å²) in [7, 11) is 6.02. The summed E-state index contributed by atoms with van der Waals surface area (Å²) in [6.45, 7) is 3.31. The number of nitrogens with zero attached hydrogens (tertiary/aromatic N) is 4. The molecule has 3 rings (SSSR count). The summed E-state index contributed by atoms with van der Waals surface area (Å²) in [5.41, 5.74) is 4.10. The first-order chi connectivity index (χ1) is 13.5. The van der Waals surface area contributed by atoms with Gasteiger partial charge in [-0.3, -0.25) is 4.79 Å². The second-order valence-electron chi connectivity index (χ2n) is 7.20. The number of rotatable bonds is 7. The molecule has 1 heterocycles. The van der Waals surface area contributed by atoms with Gasteiger partial charge in [-0.05, 0) is 41.8 Å². The zero-order chi connectivity index (χ0) is 20.1. The predicted octanol–water partition coefficient (Wildman–Crippen LogP) is 4.21. The Morgan fingerprint density at radius 2 is 1.82 bits per heavy atom. The number of carbonyl (C=O) groups excluding carboxylic acids is 1. The Morgan fingerprint density at radius 1 is 1.07 bits per heavy atom. The van der Waals surface area contributed by atoms with Crippen molar-refractivity contribution < 1.29 is 4.79 Å². The molecule has 2 aromatic carbocycles. The smallest absolute Gasteiger partial charge is 0.254 e. The normalized spacial score (nSPS) is 10.7. The summed E-state index contributed by atoms with van der Waals surface area (Å²) in [4.78, 5) is 21.4. The van der Waals surface area contributed by atoms with E-state index in [4.69, 9.17) is 0 Å². The minimum absolute atomic E-state index is 0.0402. The number of carbonyl (C=O) groups is 1. The number of anilines is 1. The van der Waals surface area contributed by atoms with E-state index in [1.165, 1.54) is 0 Å². The van der Waals surface area contributed by atoms with Crippen LogP contribution < -0.4 is 4.90 Å². The van der Waals surface area contributed by atoms with Gasteiger partial charge in [0, 0.05) is 51.3 Å². The molecule has 0 N–H and O–H groups in total. The van der Waals surface area contributed by atoms with E-state index in [9.17, 15) is 4.79 Å². The van der Waals surface area contributed by atoms with Crippen LogP contribution in [-0.4, -0.2) is 41.0 Å². The van der Waals surface area contributed by atoms with Crippen LogP contribution in [0.1, 0.15) is 29.5 Å². The molecule has 0 saturated carbocycles. The largest absolute Gasteiger partial charge is 0.378 e. The van der Waals surface area contributed by atoms with Crippen molar-refractivity contribution in [3.8, 4) is 11.1 Å². The molecule has 0 spiro atoms. The quantitative estimate of drug-likeness (QED) is 0.620. The van der Waals surface area contributed by atoms with E-state index in [2.05, 4.69) is 41.1 Å². The van der Waals surface area contributed by atoms with Crippen molar-refractivity contribution in [1.82, 2.24) is 14.5 Å². The van der Waals surface area contributed by atoms with Crippen molar-refractivity contribution in [2.75, 3.05) is 25.5 Å². The third kappa shape index (κ3) is 4.42. The van der Waals surface area contributed by atoms with Gasteiger partial charge in [-0.15, -0.1) is 0 Å². The number of aromatic nitrogens is 2. The van der Waals surface area contributed by atoms with Gasteiger partial charge in [0.15, 0.2) is 0 Å². The van der Waals surface area contributed by atoms with Gasteiger partial charge >= 0.3 is 0 Å². The summed E-state index contributed by atoms with van der Waals surface area (Å²) >= 11 is 0. The van der Waals surface area contributed by atoms with E-state index >= 15 is 0 Å². The highest BCUT2D eigenvalue weighted by atomic mass is 16.2. The lowest BCUT2D eigenvalue weighted by Crippen LogP contribution is -2.32. The number of amides is 1. The Balaban J connectivity index is 1.80. The van der Waals surface area contributed by atoms with Gasteiger partial charge in [0.25, 0.3) is 5.91 Å². The Kier molecular flexibility index (Phi) is 6.14. The fraction of sp³-hybridized carbons (Fsp3) is 0.304. The molecule has 5 nitrogen and oxygen atoms in total. The predicted molar refractivity (Wildman–Crippen MR) is 114 cm³/mol. The fourth-order valence-electron chi connectivity index (χ4n) is 3.19. The minimum atomic E-state index is 0.0402. The fourth-order valence-corrected chi connectivity index (χ4v) is 3.19. The van der Waals surface area contributed by atoms with Crippen molar-refractivity contribution in [2.24, 2.45) is 7.05 Å². The maximum absolute atomic E-state index is 13.0. The molecule has 0 fully saturated rings. The molecule has 0 unspecified atom stereocenters. The van der Waals surface area contributed by atoms with Crippen molar-refractivity contribution in [2.45, 2.75) is 19.9 Å². The standard InChI is InChI=1S/C23H28N4O/c1-5-14-27(17-22-24-13-15-26(22)4)23(28)19-11-9-18(10-12-19)20-7-6-8-21(16-20)25(2)3/h6-13,15-16H,5,14,17H2,1-4H3. The Hall–Kier alpha value is -3.08. The molecule has 0 bridgehead atoms. The molecular formula is C23H28N4O. The molecule has 0 radical (unpaired) electrons. The van der Waals surface area contributed by atoms with Crippen molar-refractivity contribution >= 4 is 11.6 Å². The van der Waals surface area contributed by atoms with Crippen LogP contribution in [0.15, 0.2) is 60.9 Å². The van der Waals surface area contributed by atoms with Crippen molar-refractivity contribution in [1.29, 1.82) is 0 Å². The molecule has 0 aliphatic heterocycles. The first-order valence-electron chi connectivity index (χ1n) is 9.63. The van der Waals surface area contributed by atoms with Crippen molar-refractivity contribution in [3.63, 3.8) is 0 Å². The molecule has 0 atom stereocenters. The zero-order valence-corrected chi connectivity index (χ0v) is 17.1. The molecule has 146 valence electrons. The molecule has 0 aliphatic rings. The summed E-state index contributed by atoms with van der Waals surface area (Å²) in [5, 5.41) is 0. The van der Waals surface area contributed by atoms with E-state index in [-0.39, 0.29) is 5.91 Å². The van der Waals surface area contributed by atoms with Crippen molar-refractivity contribution in [3.05, 3.63) is 72.3 Å². The average Bonchev–Trinajstić information content (AvgIpc) is 3.12. The van der Waals surface area contributed by atoms with E-state index < -0.39 is 0 Å². The number of hydrogen-bond acceptors (Lipinski definition) is 3. The minimum Gasteiger partial charge on any atom is -0.378 e. The average molecular weight is 377 g/mol. The topological polar surface area (TPSA) is 41.4 Å². The van der Waals surface area contributed by atoms with Crippen LogP contribution in [0.5, 0.6) is 0 Å². The maximum atomic E-state index is 13.0. The molecule has 28 heavy (non-hydrogen) atoms. The summed E-state index contributed by atoms with van der Waals surface area (Å²) in [5.74, 6) is 0.928. The number of aryl methyl sites for hydroxylation is 1. The second-order valence-corrected chi connectivity index (χ2v) is 7.20. The Labute approximate surface area is 167 Å². The van der Waals surface area contributed by atoms with Gasteiger partial charge in [-0.25, -0.2) is 4.98 Å². The van der Waals surface area contributed by atoms with Crippen LogP contribution in [0.4, 0.5) is 5.69 Å². The molecule has 1 aromatic heterocycles. The van der Waals surface area contributed by atoms with E-state index in [0.29, 0.717) is 18.7 Å². The molecular weight excluding hydrogens is 348 g/mol. The summed E-state index contributed by atoms with van der Waals surface area (Å²) in [6.07, 6.45) is 4.58. The first kappa shape index (κ1) is 19.7. The maximum Gasteiger partial charge on any atom is 0.254 e. The van der Waals surface area contributed by atoms with Gasteiger partial charge in [-0.2, -0.15) is 0 Å². The van der Waals surface area contributed by atoms with Gasteiger partial charge in [0.2, 0.25) is 0 Å². The van der Waals surface area contributed by atoms with E-state index in [0.717, 1.165) is 29.1 Å². The Morgan fingerprint density at radius 3 is 2.43 bits per heavy atom. The lowest BCUT2D eigenvalue weighted by atomic mass is 10.0. The lowest BCUT2D eigenvalue weighted by Gasteiger charge is -2.22. The van der Waals surface area contributed by atoms with Crippen LogP contribution in [0, 0.1) is 0 Å². The van der Waals surface area contributed by atoms with Gasteiger partial charge < -0.3 is 14.4 Å². The molecule has 0 saturated heterocycles. The zero-order valence-electron chi connectivity index (χ0n) is 17.1. The molecule has 3 aromatic rings. The van der Waals surface area contributed by atoms with Crippen LogP contribution in [0.25, 0.3) is 11.1 Å². The first-order valence-corrected chi connectivity index (χ1v) is 9.63. The molecule has 0 aliphatic carbocycles.